The Hall–Kier alpha value is -2.63. The molecule has 0 aliphatic heterocycles. The van der Waals surface area contributed by atoms with Gasteiger partial charge >= 0.3 is 0 Å². The number of para-hydroxylation sites is 2. The van der Waals surface area contributed by atoms with Gasteiger partial charge in [-0.15, -0.1) is 0 Å². The lowest BCUT2D eigenvalue weighted by molar-refractivity contribution is 0.102. The van der Waals surface area contributed by atoms with Crippen LogP contribution in [0.1, 0.15) is 38.2 Å². The van der Waals surface area contributed by atoms with Crippen molar-refractivity contribution in [1.29, 1.82) is 0 Å². The van der Waals surface area contributed by atoms with Crippen molar-refractivity contribution in [2.75, 3.05) is 23.3 Å². The van der Waals surface area contributed by atoms with Crippen molar-refractivity contribution in [3.05, 3.63) is 42.4 Å². The largest absolute Gasteiger partial charge is 0.489 e. The molecule has 1 heterocycles. The molecule has 6 heteroatoms. The van der Waals surface area contributed by atoms with Crippen LogP contribution in [0, 0.1) is 0 Å². The van der Waals surface area contributed by atoms with Crippen molar-refractivity contribution in [3.8, 4) is 5.75 Å². The van der Waals surface area contributed by atoms with Gasteiger partial charge in [0.15, 0.2) is 0 Å². The van der Waals surface area contributed by atoms with Crippen molar-refractivity contribution in [1.82, 2.24) is 9.97 Å². The summed E-state index contributed by atoms with van der Waals surface area (Å²) >= 11 is 0. The van der Waals surface area contributed by atoms with E-state index in [1.54, 1.807) is 12.3 Å². The molecule has 0 saturated heterocycles. The highest BCUT2D eigenvalue weighted by Crippen LogP contribution is 2.25. The quantitative estimate of drug-likeness (QED) is 0.844. The minimum Gasteiger partial charge on any atom is -0.489 e. The molecule has 1 aromatic carbocycles. The number of carbonyl (C=O) groups is 1. The van der Waals surface area contributed by atoms with E-state index >= 15 is 0 Å². The number of amides is 1. The molecule has 0 atom stereocenters. The molecule has 24 heavy (non-hydrogen) atoms. The molecule has 0 fully saturated rings. The Morgan fingerprint density at radius 2 is 1.88 bits per heavy atom. The molecule has 0 bridgehead atoms. The van der Waals surface area contributed by atoms with E-state index in [1.165, 1.54) is 6.20 Å². The summed E-state index contributed by atoms with van der Waals surface area (Å²) in [5.74, 6) is 1.09. The van der Waals surface area contributed by atoms with Crippen LogP contribution in [-0.2, 0) is 0 Å². The summed E-state index contributed by atoms with van der Waals surface area (Å²) in [7, 11) is 0. The molecule has 0 spiro atoms. The van der Waals surface area contributed by atoms with Gasteiger partial charge in [0, 0.05) is 13.1 Å². The average Bonchev–Trinajstić information content (AvgIpc) is 2.58. The van der Waals surface area contributed by atoms with E-state index in [0.29, 0.717) is 11.4 Å². The Bertz CT molecular complexity index is 667. The smallest absolute Gasteiger partial charge is 0.275 e. The molecule has 1 N–H and O–H groups in total. The first-order valence-electron chi connectivity index (χ1n) is 8.19. The first-order chi connectivity index (χ1) is 11.5. The van der Waals surface area contributed by atoms with E-state index in [4.69, 9.17) is 4.74 Å². The number of benzene rings is 1. The fraction of sp³-hybridized carbons (Fsp3) is 0.389. The van der Waals surface area contributed by atoms with Crippen LogP contribution in [-0.4, -0.2) is 35.1 Å². The molecule has 0 aliphatic rings. The van der Waals surface area contributed by atoms with Gasteiger partial charge in [0.2, 0.25) is 0 Å². The number of anilines is 2. The van der Waals surface area contributed by atoms with E-state index in [-0.39, 0.29) is 17.7 Å². The molecule has 128 valence electrons. The van der Waals surface area contributed by atoms with E-state index in [2.05, 4.69) is 34.0 Å². The van der Waals surface area contributed by atoms with E-state index in [0.717, 1.165) is 18.9 Å². The molecule has 2 aromatic rings. The van der Waals surface area contributed by atoms with Crippen LogP contribution in [0.25, 0.3) is 0 Å². The van der Waals surface area contributed by atoms with Gasteiger partial charge in [-0.3, -0.25) is 4.79 Å². The minimum atomic E-state index is -0.312. The van der Waals surface area contributed by atoms with Gasteiger partial charge in [0.1, 0.15) is 17.3 Å². The second-order valence-corrected chi connectivity index (χ2v) is 5.55. The topological polar surface area (TPSA) is 67.4 Å². The number of nitrogens with zero attached hydrogens (tertiary/aromatic N) is 3. The van der Waals surface area contributed by atoms with Gasteiger partial charge in [-0.2, -0.15) is 0 Å². The summed E-state index contributed by atoms with van der Waals surface area (Å²) in [6.07, 6.45) is 3.14. The van der Waals surface area contributed by atoms with Crippen molar-refractivity contribution < 1.29 is 9.53 Å². The number of aromatic nitrogens is 2. The number of nitrogens with one attached hydrogen (secondary N) is 1. The lowest BCUT2D eigenvalue weighted by Crippen LogP contribution is -2.23. The zero-order chi connectivity index (χ0) is 17.5. The Kier molecular flexibility index (Phi) is 6.12. The summed E-state index contributed by atoms with van der Waals surface area (Å²) in [6, 6.07) is 7.34. The number of ether oxygens (including phenoxy) is 1. The highest BCUT2D eigenvalue weighted by Gasteiger charge is 2.13. The maximum absolute atomic E-state index is 12.4. The van der Waals surface area contributed by atoms with Gasteiger partial charge < -0.3 is 15.0 Å². The van der Waals surface area contributed by atoms with Crippen LogP contribution in [0.2, 0.25) is 0 Å². The molecular formula is C18H24N4O2. The van der Waals surface area contributed by atoms with Gasteiger partial charge in [-0.25, -0.2) is 9.97 Å². The predicted molar refractivity (Wildman–Crippen MR) is 95.8 cm³/mol. The summed E-state index contributed by atoms with van der Waals surface area (Å²) in [4.78, 5) is 23.0. The third kappa shape index (κ3) is 4.44. The molecule has 6 nitrogen and oxygen atoms in total. The van der Waals surface area contributed by atoms with Gasteiger partial charge in [0.25, 0.3) is 5.91 Å². The summed E-state index contributed by atoms with van der Waals surface area (Å²) in [5.41, 5.74) is 0.885. The van der Waals surface area contributed by atoms with Crippen molar-refractivity contribution in [2.45, 2.75) is 33.8 Å². The standard InChI is InChI=1S/C18H24N4O2/c1-5-22(6-2)17-12-19-15(11-20-17)18(23)21-14-9-7-8-10-16(14)24-13(3)4/h7-13H,5-6H2,1-4H3,(H,21,23). The highest BCUT2D eigenvalue weighted by atomic mass is 16.5. The molecule has 0 saturated carbocycles. The first kappa shape index (κ1) is 17.7. The van der Waals surface area contributed by atoms with E-state index < -0.39 is 0 Å². The number of hydrogen-bond acceptors (Lipinski definition) is 5. The van der Waals surface area contributed by atoms with Crippen LogP contribution in [0.15, 0.2) is 36.7 Å². The first-order valence-corrected chi connectivity index (χ1v) is 8.19. The third-order valence-corrected chi connectivity index (χ3v) is 3.46. The van der Waals surface area contributed by atoms with Gasteiger partial charge in [-0.1, -0.05) is 12.1 Å². The Morgan fingerprint density at radius 3 is 2.46 bits per heavy atom. The Balaban J connectivity index is 2.13. The van der Waals surface area contributed by atoms with Crippen LogP contribution in [0.3, 0.4) is 0 Å². The Labute approximate surface area is 142 Å². The van der Waals surface area contributed by atoms with Crippen LogP contribution < -0.4 is 15.0 Å². The molecule has 0 radical (unpaired) electrons. The van der Waals surface area contributed by atoms with Crippen LogP contribution >= 0.6 is 0 Å². The van der Waals surface area contributed by atoms with Crippen molar-refractivity contribution in [2.24, 2.45) is 0 Å². The predicted octanol–water partition coefficient (Wildman–Crippen LogP) is 3.36. The zero-order valence-electron chi connectivity index (χ0n) is 14.6. The molecule has 1 amide bonds. The van der Waals surface area contributed by atoms with E-state index in [1.807, 2.05) is 32.0 Å². The number of rotatable bonds is 7. The lowest BCUT2D eigenvalue weighted by Gasteiger charge is -2.19. The minimum absolute atomic E-state index is 0.0243. The average molecular weight is 328 g/mol. The van der Waals surface area contributed by atoms with Crippen LogP contribution in [0.4, 0.5) is 11.5 Å². The molecule has 2 rings (SSSR count). The lowest BCUT2D eigenvalue weighted by atomic mass is 10.2. The van der Waals surface area contributed by atoms with Gasteiger partial charge in [0.05, 0.1) is 24.2 Å². The molecule has 0 unspecified atom stereocenters. The molecule has 0 aliphatic carbocycles. The monoisotopic (exact) mass is 328 g/mol. The maximum Gasteiger partial charge on any atom is 0.275 e. The summed E-state index contributed by atoms with van der Waals surface area (Å²) in [6.45, 7) is 9.67. The SMILES string of the molecule is CCN(CC)c1cnc(C(=O)Nc2ccccc2OC(C)C)cn1. The molecular weight excluding hydrogens is 304 g/mol. The summed E-state index contributed by atoms with van der Waals surface area (Å²) in [5, 5.41) is 2.83. The van der Waals surface area contributed by atoms with Crippen molar-refractivity contribution >= 4 is 17.4 Å². The fourth-order valence-corrected chi connectivity index (χ4v) is 2.26. The Morgan fingerprint density at radius 1 is 1.17 bits per heavy atom. The normalized spacial score (nSPS) is 10.5. The number of hydrogen-bond donors (Lipinski definition) is 1. The third-order valence-electron chi connectivity index (χ3n) is 3.46. The second-order valence-electron chi connectivity index (χ2n) is 5.55. The highest BCUT2D eigenvalue weighted by molar-refractivity contribution is 6.03. The number of carbonyl (C=O) groups excluding carboxylic acids is 1. The van der Waals surface area contributed by atoms with E-state index in [9.17, 15) is 4.79 Å². The van der Waals surface area contributed by atoms with Crippen molar-refractivity contribution in [3.63, 3.8) is 0 Å². The zero-order valence-corrected chi connectivity index (χ0v) is 14.6. The maximum atomic E-state index is 12.4. The second kappa shape index (κ2) is 8.29. The fourth-order valence-electron chi connectivity index (χ4n) is 2.26. The molecule has 1 aromatic heterocycles. The van der Waals surface area contributed by atoms with Gasteiger partial charge in [-0.05, 0) is 39.8 Å². The van der Waals surface area contributed by atoms with Crippen LogP contribution in [0.5, 0.6) is 5.75 Å². The summed E-state index contributed by atoms with van der Waals surface area (Å²) < 4.78 is 5.70.